The van der Waals surface area contributed by atoms with Gasteiger partial charge in [-0.3, -0.25) is 14.5 Å². The summed E-state index contributed by atoms with van der Waals surface area (Å²) in [6.45, 7) is 1.46. The third kappa shape index (κ3) is 2.42. The normalized spacial score (nSPS) is 26.2. The summed E-state index contributed by atoms with van der Waals surface area (Å²) in [6.07, 6.45) is 4.05. The van der Waals surface area contributed by atoms with Crippen LogP contribution < -0.4 is 0 Å². The molecule has 2 atom stereocenters. The molecular weight excluding hydrogens is 344 g/mol. The Hall–Kier alpha value is -1.59. The van der Waals surface area contributed by atoms with Gasteiger partial charge in [0.15, 0.2) is 11.0 Å². The van der Waals surface area contributed by atoms with E-state index in [9.17, 15) is 9.59 Å². The number of rotatable bonds is 2. The van der Waals surface area contributed by atoms with Crippen LogP contribution in [0.2, 0.25) is 5.02 Å². The Bertz CT molecular complexity index is 802. The SMILES string of the molecule is CC(=O)[C@@H]1SC2=NC3=C(CCCC3)[C@@H](c3ccccc3Cl)N2C1=O. The average molecular weight is 361 g/mol. The number of carbonyl (C=O) groups excluding carboxylic acids is 2. The molecule has 4 rings (SSSR count). The van der Waals surface area contributed by atoms with Gasteiger partial charge in [0.25, 0.3) is 5.91 Å². The van der Waals surface area contributed by atoms with Gasteiger partial charge in [0.2, 0.25) is 0 Å². The van der Waals surface area contributed by atoms with Gasteiger partial charge in [0.05, 0.1) is 6.04 Å². The number of nitrogens with zero attached hydrogens (tertiary/aromatic N) is 2. The van der Waals surface area contributed by atoms with Gasteiger partial charge in [0.1, 0.15) is 5.25 Å². The number of hydrogen-bond acceptors (Lipinski definition) is 4. The summed E-state index contributed by atoms with van der Waals surface area (Å²) in [7, 11) is 0. The number of amidine groups is 1. The van der Waals surface area contributed by atoms with Gasteiger partial charge in [-0.1, -0.05) is 41.6 Å². The number of fused-ring (bicyclic) bond motifs is 1. The Balaban J connectivity index is 1.87. The zero-order valence-corrected chi connectivity index (χ0v) is 14.9. The highest BCUT2D eigenvalue weighted by Crippen LogP contribution is 2.48. The second-order valence-electron chi connectivity index (χ2n) is 6.31. The van der Waals surface area contributed by atoms with Crippen molar-refractivity contribution >= 4 is 40.2 Å². The Kier molecular flexibility index (Phi) is 4.01. The number of halogens is 1. The van der Waals surface area contributed by atoms with E-state index < -0.39 is 5.25 Å². The molecule has 0 spiro atoms. The van der Waals surface area contributed by atoms with Crippen molar-refractivity contribution in [1.29, 1.82) is 0 Å². The molecule has 1 aromatic rings. The first kappa shape index (κ1) is 15.9. The molecule has 6 heteroatoms. The van der Waals surface area contributed by atoms with Crippen molar-refractivity contribution in [1.82, 2.24) is 4.90 Å². The lowest BCUT2D eigenvalue weighted by Crippen LogP contribution is -2.40. The van der Waals surface area contributed by atoms with Crippen LogP contribution in [0.4, 0.5) is 0 Å². The summed E-state index contributed by atoms with van der Waals surface area (Å²) in [5, 5.41) is 0.603. The number of ketones is 1. The largest absolute Gasteiger partial charge is 0.298 e. The summed E-state index contributed by atoms with van der Waals surface area (Å²) >= 11 is 7.72. The van der Waals surface area contributed by atoms with Crippen LogP contribution in [0, 0.1) is 0 Å². The van der Waals surface area contributed by atoms with Gasteiger partial charge in [0, 0.05) is 10.7 Å². The fourth-order valence-electron chi connectivity index (χ4n) is 3.64. The third-order valence-electron chi connectivity index (χ3n) is 4.76. The first-order valence-corrected chi connectivity index (χ1v) is 9.39. The highest BCUT2D eigenvalue weighted by molar-refractivity contribution is 8.16. The van der Waals surface area contributed by atoms with Crippen molar-refractivity contribution in [2.45, 2.75) is 43.9 Å². The van der Waals surface area contributed by atoms with Gasteiger partial charge in [-0.2, -0.15) is 0 Å². The Morgan fingerprint density at radius 2 is 2.04 bits per heavy atom. The number of allylic oxidation sites excluding steroid dienone is 1. The topological polar surface area (TPSA) is 49.7 Å². The van der Waals surface area contributed by atoms with Gasteiger partial charge in [-0.05, 0) is 49.8 Å². The van der Waals surface area contributed by atoms with E-state index in [4.69, 9.17) is 16.6 Å². The first-order valence-electron chi connectivity index (χ1n) is 8.13. The highest BCUT2D eigenvalue weighted by Gasteiger charge is 2.48. The Morgan fingerprint density at radius 3 is 2.79 bits per heavy atom. The van der Waals surface area contributed by atoms with E-state index in [0.717, 1.165) is 36.9 Å². The summed E-state index contributed by atoms with van der Waals surface area (Å²) in [4.78, 5) is 31.2. The molecule has 2 heterocycles. The molecule has 0 aromatic heterocycles. The molecule has 1 aliphatic carbocycles. The van der Waals surface area contributed by atoms with E-state index in [0.29, 0.717) is 10.2 Å². The van der Waals surface area contributed by atoms with Crippen molar-refractivity contribution in [2.24, 2.45) is 4.99 Å². The summed E-state index contributed by atoms with van der Waals surface area (Å²) in [5.41, 5.74) is 3.16. The number of amides is 1. The summed E-state index contributed by atoms with van der Waals surface area (Å²) < 4.78 is 0. The molecule has 1 amide bonds. The predicted octanol–water partition coefficient (Wildman–Crippen LogP) is 4.11. The molecule has 1 fully saturated rings. The van der Waals surface area contributed by atoms with Crippen LogP contribution in [0.15, 0.2) is 40.5 Å². The molecule has 3 aliphatic rings. The molecule has 2 aliphatic heterocycles. The lowest BCUT2D eigenvalue weighted by atomic mass is 9.86. The lowest BCUT2D eigenvalue weighted by molar-refractivity contribution is -0.131. The summed E-state index contributed by atoms with van der Waals surface area (Å²) in [6, 6.07) is 7.41. The smallest absolute Gasteiger partial charge is 0.250 e. The van der Waals surface area contributed by atoms with Gasteiger partial charge in [-0.25, -0.2) is 4.99 Å². The minimum absolute atomic E-state index is 0.127. The molecule has 0 radical (unpaired) electrons. The van der Waals surface area contributed by atoms with Crippen LogP contribution in [0.1, 0.15) is 44.2 Å². The van der Waals surface area contributed by atoms with E-state index in [2.05, 4.69) is 0 Å². The standard InChI is InChI=1S/C18H17ClN2O2S/c1-10(22)16-17(23)21-15(11-6-2-4-8-13(11)19)12-7-3-5-9-14(12)20-18(21)24-16/h2,4,6,8,15-16H,3,5,7,9H2,1H3/t15-,16+/m1/s1. The van der Waals surface area contributed by atoms with Crippen LogP contribution >= 0.6 is 23.4 Å². The fraction of sp³-hybridized carbons (Fsp3) is 0.389. The molecule has 124 valence electrons. The molecule has 0 unspecified atom stereocenters. The Morgan fingerprint density at radius 1 is 1.29 bits per heavy atom. The number of benzene rings is 1. The van der Waals surface area contributed by atoms with E-state index in [1.165, 1.54) is 24.3 Å². The van der Waals surface area contributed by atoms with Crippen molar-refractivity contribution in [3.05, 3.63) is 46.1 Å². The van der Waals surface area contributed by atoms with Gasteiger partial charge >= 0.3 is 0 Å². The molecule has 4 nitrogen and oxygen atoms in total. The number of Topliss-reactive ketones (excluding diaryl/α,β-unsaturated/α-hetero) is 1. The van der Waals surface area contributed by atoms with Crippen molar-refractivity contribution in [2.75, 3.05) is 0 Å². The second kappa shape index (κ2) is 6.05. The molecule has 0 bridgehead atoms. The monoisotopic (exact) mass is 360 g/mol. The van der Waals surface area contributed by atoms with Crippen molar-refractivity contribution in [3.8, 4) is 0 Å². The summed E-state index contributed by atoms with van der Waals surface area (Å²) in [5.74, 6) is -0.300. The van der Waals surface area contributed by atoms with E-state index in [1.807, 2.05) is 24.3 Å². The van der Waals surface area contributed by atoms with Gasteiger partial charge in [-0.15, -0.1) is 0 Å². The number of carbonyl (C=O) groups is 2. The highest BCUT2D eigenvalue weighted by atomic mass is 35.5. The van der Waals surface area contributed by atoms with E-state index >= 15 is 0 Å². The van der Waals surface area contributed by atoms with E-state index in [-0.39, 0.29) is 17.7 Å². The maximum absolute atomic E-state index is 12.9. The van der Waals surface area contributed by atoms with Crippen LogP contribution in [0.25, 0.3) is 0 Å². The van der Waals surface area contributed by atoms with Crippen LogP contribution in [0.5, 0.6) is 0 Å². The van der Waals surface area contributed by atoms with Crippen molar-refractivity contribution < 1.29 is 9.59 Å². The minimum atomic E-state index is -0.685. The van der Waals surface area contributed by atoms with E-state index in [1.54, 1.807) is 4.90 Å². The molecule has 0 saturated carbocycles. The van der Waals surface area contributed by atoms with Gasteiger partial charge < -0.3 is 0 Å². The molecule has 1 saturated heterocycles. The first-order chi connectivity index (χ1) is 11.6. The maximum Gasteiger partial charge on any atom is 0.250 e. The minimum Gasteiger partial charge on any atom is -0.298 e. The van der Waals surface area contributed by atoms with Crippen LogP contribution in [-0.4, -0.2) is 27.0 Å². The van der Waals surface area contributed by atoms with Crippen LogP contribution in [0.3, 0.4) is 0 Å². The average Bonchev–Trinajstić information content (AvgIpc) is 2.90. The van der Waals surface area contributed by atoms with Crippen LogP contribution in [-0.2, 0) is 9.59 Å². The molecule has 24 heavy (non-hydrogen) atoms. The zero-order valence-electron chi connectivity index (χ0n) is 13.3. The quantitative estimate of drug-likeness (QED) is 0.746. The van der Waals surface area contributed by atoms with Crippen molar-refractivity contribution in [3.63, 3.8) is 0 Å². The number of thioether (sulfide) groups is 1. The number of aliphatic imine (C=N–C) groups is 1. The molecule has 0 N–H and O–H groups in total. The molecule has 1 aromatic carbocycles. The Labute approximate surface area is 150 Å². The number of hydrogen-bond donors (Lipinski definition) is 0. The zero-order chi connectivity index (χ0) is 16.8. The second-order valence-corrected chi connectivity index (χ2v) is 7.79. The fourth-order valence-corrected chi connectivity index (χ4v) is 4.94. The molecular formula is C18H17ClN2O2S. The lowest BCUT2D eigenvalue weighted by Gasteiger charge is -2.36. The maximum atomic E-state index is 12.9. The third-order valence-corrected chi connectivity index (χ3v) is 6.37. The predicted molar refractivity (Wildman–Crippen MR) is 96.0 cm³/mol.